The predicted molar refractivity (Wildman–Crippen MR) is 77.2 cm³/mol. The zero-order valence-electron chi connectivity index (χ0n) is 11.4. The van der Waals surface area contributed by atoms with Crippen LogP contribution in [0, 0.1) is 0 Å². The molecule has 1 aromatic carbocycles. The molecule has 0 spiro atoms. The van der Waals surface area contributed by atoms with Gasteiger partial charge in [-0.2, -0.15) is 0 Å². The molecular formula is C14H16N4O2. The molecule has 0 saturated heterocycles. The molecule has 0 aliphatic rings. The van der Waals surface area contributed by atoms with Crippen LogP contribution in [0.4, 0.5) is 22.1 Å². The summed E-state index contributed by atoms with van der Waals surface area (Å²) in [7, 11) is 1.29. The second-order valence-corrected chi connectivity index (χ2v) is 4.06. The highest BCUT2D eigenvalue weighted by molar-refractivity contribution is 5.83. The zero-order chi connectivity index (χ0) is 14.4. The Morgan fingerprint density at radius 2 is 1.85 bits per heavy atom. The molecule has 20 heavy (non-hydrogen) atoms. The summed E-state index contributed by atoms with van der Waals surface area (Å²) in [6.07, 6.45) is 0.356. The molecule has 2 N–H and O–H groups in total. The smallest absolute Gasteiger partial charge is 0.412 e. The average Bonchev–Trinajstić information content (AvgIpc) is 2.49. The number of aryl methyl sites for hydroxylation is 1. The fourth-order valence-corrected chi connectivity index (χ4v) is 1.71. The number of ether oxygens (including phenoxy) is 1. The van der Waals surface area contributed by atoms with Gasteiger partial charge in [0.2, 0.25) is 0 Å². The van der Waals surface area contributed by atoms with E-state index in [9.17, 15) is 4.79 Å². The Balaban J connectivity index is 2.09. The first-order valence-electron chi connectivity index (χ1n) is 6.26. The van der Waals surface area contributed by atoms with Crippen LogP contribution in [0.1, 0.15) is 12.5 Å². The fourth-order valence-electron chi connectivity index (χ4n) is 1.71. The fraction of sp³-hybridized carbons (Fsp3) is 0.214. The van der Waals surface area contributed by atoms with Crippen LogP contribution < -0.4 is 10.6 Å². The minimum absolute atomic E-state index is 0.339. The van der Waals surface area contributed by atoms with E-state index >= 15 is 0 Å². The predicted octanol–water partition coefficient (Wildman–Crippen LogP) is 2.96. The molecule has 6 heteroatoms. The van der Waals surface area contributed by atoms with E-state index in [1.807, 2.05) is 18.2 Å². The highest BCUT2D eigenvalue weighted by atomic mass is 16.5. The van der Waals surface area contributed by atoms with Crippen molar-refractivity contribution in [2.75, 3.05) is 17.7 Å². The van der Waals surface area contributed by atoms with Crippen molar-refractivity contribution in [1.82, 2.24) is 10.2 Å². The van der Waals surface area contributed by atoms with E-state index in [-0.39, 0.29) is 0 Å². The van der Waals surface area contributed by atoms with Crippen molar-refractivity contribution in [3.63, 3.8) is 0 Å². The summed E-state index contributed by atoms with van der Waals surface area (Å²) in [4.78, 5) is 11.0. The summed E-state index contributed by atoms with van der Waals surface area (Å²) in [5.74, 6) is 0.951. The van der Waals surface area contributed by atoms with Gasteiger partial charge in [-0.15, -0.1) is 10.2 Å². The molecule has 1 amide bonds. The highest BCUT2D eigenvalue weighted by Crippen LogP contribution is 2.19. The van der Waals surface area contributed by atoms with E-state index in [1.54, 1.807) is 12.1 Å². The third-order valence-electron chi connectivity index (χ3n) is 2.74. The number of nitrogens with zero attached hydrogens (tertiary/aromatic N) is 2. The third kappa shape index (κ3) is 3.44. The first kappa shape index (κ1) is 13.8. The molecule has 6 nitrogen and oxygen atoms in total. The number of carbonyl (C=O) groups is 1. The van der Waals surface area contributed by atoms with Crippen LogP contribution in [0.25, 0.3) is 0 Å². The van der Waals surface area contributed by atoms with Crippen molar-refractivity contribution >= 4 is 23.4 Å². The quantitative estimate of drug-likeness (QED) is 0.894. The van der Waals surface area contributed by atoms with Crippen LogP contribution in [0.2, 0.25) is 0 Å². The van der Waals surface area contributed by atoms with Crippen LogP contribution in [0.3, 0.4) is 0 Å². The minimum Gasteiger partial charge on any atom is -0.453 e. The van der Waals surface area contributed by atoms with Gasteiger partial charge in [-0.1, -0.05) is 25.1 Å². The van der Waals surface area contributed by atoms with Crippen molar-refractivity contribution in [3.05, 3.63) is 42.0 Å². The van der Waals surface area contributed by atoms with Gasteiger partial charge in [-0.3, -0.25) is 5.32 Å². The summed E-state index contributed by atoms with van der Waals surface area (Å²) >= 11 is 0. The summed E-state index contributed by atoms with van der Waals surface area (Å²) < 4.78 is 4.48. The normalized spacial score (nSPS) is 9.90. The second kappa shape index (κ2) is 6.51. The Morgan fingerprint density at radius 3 is 2.50 bits per heavy atom. The van der Waals surface area contributed by atoms with Gasteiger partial charge in [0, 0.05) is 5.69 Å². The number of benzene rings is 1. The monoisotopic (exact) mass is 272 g/mol. The third-order valence-corrected chi connectivity index (χ3v) is 2.74. The van der Waals surface area contributed by atoms with Crippen LogP contribution in [0.15, 0.2) is 36.4 Å². The average molecular weight is 272 g/mol. The van der Waals surface area contributed by atoms with E-state index in [0.29, 0.717) is 11.6 Å². The molecule has 0 aliphatic carbocycles. The summed E-state index contributed by atoms with van der Waals surface area (Å²) in [5.41, 5.74) is 2.20. The molecule has 0 radical (unpaired) electrons. The number of para-hydroxylation sites is 1. The SMILES string of the molecule is CCc1ccccc1Nc1ccc(NC(=O)OC)nn1. The molecular weight excluding hydrogens is 256 g/mol. The Hall–Kier alpha value is -2.63. The van der Waals surface area contributed by atoms with Gasteiger partial charge < -0.3 is 10.1 Å². The number of hydrogen-bond acceptors (Lipinski definition) is 5. The molecule has 0 atom stereocenters. The Labute approximate surface area is 117 Å². The van der Waals surface area contributed by atoms with Crippen molar-refractivity contribution in [3.8, 4) is 0 Å². The number of methoxy groups -OCH3 is 1. The van der Waals surface area contributed by atoms with Crippen LogP contribution in [-0.4, -0.2) is 23.4 Å². The topological polar surface area (TPSA) is 76.1 Å². The maximum atomic E-state index is 11.0. The molecule has 0 fully saturated rings. The first-order chi connectivity index (χ1) is 9.72. The van der Waals surface area contributed by atoms with Crippen LogP contribution in [0.5, 0.6) is 0 Å². The number of rotatable bonds is 4. The lowest BCUT2D eigenvalue weighted by Crippen LogP contribution is -2.12. The van der Waals surface area contributed by atoms with E-state index in [2.05, 4.69) is 38.6 Å². The van der Waals surface area contributed by atoms with Gasteiger partial charge in [-0.05, 0) is 30.2 Å². The molecule has 1 heterocycles. The van der Waals surface area contributed by atoms with Gasteiger partial charge in [0.05, 0.1) is 7.11 Å². The van der Waals surface area contributed by atoms with Crippen molar-refractivity contribution in [2.45, 2.75) is 13.3 Å². The number of amides is 1. The summed E-state index contributed by atoms with van der Waals surface area (Å²) in [5, 5.41) is 13.5. The van der Waals surface area contributed by atoms with Gasteiger partial charge in [0.1, 0.15) is 0 Å². The number of carbonyl (C=O) groups excluding carboxylic acids is 1. The molecule has 0 aliphatic heterocycles. The molecule has 2 rings (SSSR count). The Morgan fingerprint density at radius 1 is 1.15 bits per heavy atom. The second-order valence-electron chi connectivity index (χ2n) is 4.06. The zero-order valence-corrected chi connectivity index (χ0v) is 11.4. The number of aromatic nitrogens is 2. The van der Waals surface area contributed by atoms with Crippen LogP contribution >= 0.6 is 0 Å². The van der Waals surface area contributed by atoms with E-state index in [1.165, 1.54) is 12.7 Å². The largest absolute Gasteiger partial charge is 0.453 e. The number of anilines is 3. The van der Waals surface area contributed by atoms with E-state index < -0.39 is 6.09 Å². The van der Waals surface area contributed by atoms with Gasteiger partial charge >= 0.3 is 6.09 Å². The van der Waals surface area contributed by atoms with Crippen LogP contribution in [-0.2, 0) is 11.2 Å². The highest BCUT2D eigenvalue weighted by Gasteiger charge is 2.04. The van der Waals surface area contributed by atoms with Gasteiger partial charge in [-0.25, -0.2) is 4.79 Å². The molecule has 0 bridgehead atoms. The Bertz CT molecular complexity index is 584. The van der Waals surface area contributed by atoms with Gasteiger partial charge in [0.25, 0.3) is 0 Å². The molecule has 2 aromatic rings. The molecule has 0 unspecified atom stereocenters. The number of hydrogen-bond donors (Lipinski definition) is 2. The summed E-state index contributed by atoms with van der Waals surface area (Å²) in [6, 6.07) is 11.4. The van der Waals surface area contributed by atoms with Gasteiger partial charge in [0.15, 0.2) is 11.6 Å². The molecule has 0 saturated carbocycles. The lowest BCUT2D eigenvalue weighted by molar-refractivity contribution is 0.187. The van der Waals surface area contributed by atoms with Crippen molar-refractivity contribution in [1.29, 1.82) is 0 Å². The lowest BCUT2D eigenvalue weighted by Gasteiger charge is -2.09. The molecule has 1 aromatic heterocycles. The maximum absolute atomic E-state index is 11.0. The Kier molecular flexibility index (Phi) is 4.49. The maximum Gasteiger partial charge on any atom is 0.412 e. The van der Waals surface area contributed by atoms with Crippen molar-refractivity contribution < 1.29 is 9.53 Å². The minimum atomic E-state index is -0.573. The standard InChI is InChI=1S/C14H16N4O2/c1-3-10-6-4-5-7-11(10)15-12-8-9-13(18-17-12)16-14(19)20-2/h4-9H,3H2,1-2H3,(H,15,17)(H,16,18,19). The number of nitrogens with one attached hydrogen (secondary N) is 2. The summed E-state index contributed by atoms with van der Waals surface area (Å²) in [6.45, 7) is 2.09. The lowest BCUT2D eigenvalue weighted by atomic mass is 10.1. The van der Waals surface area contributed by atoms with E-state index in [4.69, 9.17) is 0 Å². The first-order valence-corrected chi connectivity index (χ1v) is 6.26. The molecule has 104 valence electrons. The van der Waals surface area contributed by atoms with E-state index in [0.717, 1.165) is 12.1 Å². The van der Waals surface area contributed by atoms with Crippen molar-refractivity contribution in [2.24, 2.45) is 0 Å².